The topological polar surface area (TPSA) is 9.23 Å². The van der Waals surface area contributed by atoms with E-state index in [1.54, 1.807) is 0 Å². The van der Waals surface area contributed by atoms with Crippen molar-refractivity contribution in [1.82, 2.24) is 0 Å². The minimum atomic E-state index is -0.235. The number of benzene rings is 3. The van der Waals surface area contributed by atoms with Crippen molar-refractivity contribution in [1.29, 1.82) is 0 Å². The highest BCUT2D eigenvalue weighted by atomic mass is 16.5. The van der Waals surface area contributed by atoms with Gasteiger partial charge in [0.15, 0.2) is 0 Å². The van der Waals surface area contributed by atoms with Crippen molar-refractivity contribution >= 4 is 23.2 Å². The lowest BCUT2D eigenvalue weighted by Gasteiger charge is -2.41. The van der Waals surface area contributed by atoms with Crippen LogP contribution in [0.25, 0.3) is 21.9 Å². The van der Waals surface area contributed by atoms with Gasteiger partial charge in [0.1, 0.15) is 0 Å². The normalized spacial score (nSPS) is 12.8. The highest BCUT2D eigenvalue weighted by molar-refractivity contribution is 6.69. The molecule has 0 bridgehead atoms. The molecule has 0 aliphatic rings. The van der Waals surface area contributed by atoms with Crippen molar-refractivity contribution in [2.75, 3.05) is 0 Å². The van der Waals surface area contributed by atoms with E-state index in [9.17, 15) is 0 Å². The molecule has 0 spiro atoms. The first kappa shape index (κ1) is 24.6. The molecule has 2 heteroatoms. The molecule has 3 aromatic carbocycles. The number of hydrogen-bond acceptors (Lipinski definition) is 1. The maximum Gasteiger partial charge on any atom is 0.324 e. The Kier molecular flexibility index (Phi) is 6.96. The van der Waals surface area contributed by atoms with Crippen LogP contribution >= 0.6 is 0 Å². The molecule has 0 fully saturated rings. The lowest BCUT2D eigenvalue weighted by Crippen LogP contribution is -2.47. The summed E-state index contributed by atoms with van der Waals surface area (Å²) in [5.41, 5.74) is 6.67. The summed E-state index contributed by atoms with van der Waals surface area (Å²) in [6.45, 7) is 22.5. The zero-order valence-corrected chi connectivity index (χ0v) is 21.8. The second-order valence-electron chi connectivity index (χ2n) is 11.4. The molecule has 0 aliphatic heterocycles. The monoisotopic (exact) mass is 428 g/mol. The predicted molar refractivity (Wildman–Crippen MR) is 143 cm³/mol. The standard InChI is InChI=1S/C30H41BO/c1-20(2)22-16-13-17-23(21(3)4)28(22)26-18-19-27(25-15-12-11-14-24(25)26)31(10)32-30(8,9)29(5,6)7/h11-21H,1-10H3. The third kappa shape index (κ3) is 4.67. The Bertz CT molecular complexity index is 1060. The minimum Gasteiger partial charge on any atom is -0.426 e. The molecule has 0 unspecified atom stereocenters. The largest absolute Gasteiger partial charge is 0.426 e. The summed E-state index contributed by atoms with van der Waals surface area (Å²) < 4.78 is 6.67. The van der Waals surface area contributed by atoms with Crippen molar-refractivity contribution in [2.24, 2.45) is 5.41 Å². The van der Waals surface area contributed by atoms with E-state index in [0.717, 1.165) is 0 Å². The summed E-state index contributed by atoms with van der Waals surface area (Å²) in [6, 6.07) is 20.3. The SMILES string of the molecule is CB(OC(C)(C)C(C)(C)C)c1ccc(-c2c(C(C)C)cccc2C(C)C)c2ccccc12. The maximum absolute atomic E-state index is 6.67. The lowest BCUT2D eigenvalue weighted by atomic mass is 9.60. The molecule has 0 radical (unpaired) electrons. The summed E-state index contributed by atoms with van der Waals surface area (Å²) >= 11 is 0. The molecular formula is C30H41BO. The van der Waals surface area contributed by atoms with Crippen LogP contribution in [0.4, 0.5) is 0 Å². The van der Waals surface area contributed by atoms with Crippen LogP contribution in [-0.2, 0) is 4.65 Å². The van der Waals surface area contributed by atoms with E-state index in [0.29, 0.717) is 11.8 Å². The highest BCUT2D eigenvalue weighted by Gasteiger charge is 2.36. The molecule has 0 N–H and O–H groups in total. The Morgan fingerprint density at radius 2 is 1.22 bits per heavy atom. The Morgan fingerprint density at radius 3 is 1.72 bits per heavy atom. The molecule has 1 nitrogen and oxygen atoms in total. The Morgan fingerprint density at radius 1 is 0.688 bits per heavy atom. The van der Waals surface area contributed by atoms with Crippen molar-refractivity contribution < 1.29 is 4.65 Å². The molecule has 3 aromatic rings. The fourth-order valence-electron chi connectivity index (χ4n) is 4.44. The van der Waals surface area contributed by atoms with Gasteiger partial charge in [0, 0.05) is 0 Å². The maximum atomic E-state index is 6.67. The van der Waals surface area contributed by atoms with E-state index in [1.165, 1.54) is 38.5 Å². The molecule has 32 heavy (non-hydrogen) atoms. The average molecular weight is 428 g/mol. The van der Waals surface area contributed by atoms with Gasteiger partial charge >= 0.3 is 6.92 Å². The molecule has 0 atom stereocenters. The number of rotatable bonds is 6. The molecular weight excluding hydrogens is 387 g/mol. The van der Waals surface area contributed by atoms with Gasteiger partial charge in [-0.3, -0.25) is 0 Å². The van der Waals surface area contributed by atoms with Crippen LogP contribution in [-0.4, -0.2) is 12.5 Å². The van der Waals surface area contributed by atoms with Crippen LogP contribution in [0.15, 0.2) is 54.6 Å². The van der Waals surface area contributed by atoms with Crippen molar-refractivity contribution in [2.45, 2.75) is 86.6 Å². The van der Waals surface area contributed by atoms with Crippen LogP contribution in [0.2, 0.25) is 6.82 Å². The van der Waals surface area contributed by atoms with Gasteiger partial charge in [-0.05, 0) is 69.6 Å². The first-order valence-electron chi connectivity index (χ1n) is 12.2. The van der Waals surface area contributed by atoms with E-state index < -0.39 is 0 Å². The molecule has 0 amide bonds. The lowest BCUT2D eigenvalue weighted by molar-refractivity contribution is 0.000497. The van der Waals surface area contributed by atoms with Crippen LogP contribution in [0, 0.1) is 5.41 Å². The van der Waals surface area contributed by atoms with Gasteiger partial charge in [-0.15, -0.1) is 0 Å². The van der Waals surface area contributed by atoms with Crippen molar-refractivity contribution in [3.63, 3.8) is 0 Å². The second kappa shape index (κ2) is 9.06. The summed E-state index contributed by atoms with van der Waals surface area (Å²) in [7, 11) is 0. The summed E-state index contributed by atoms with van der Waals surface area (Å²) in [4.78, 5) is 0. The summed E-state index contributed by atoms with van der Waals surface area (Å²) in [5.74, 6) is 0.939. The fraction of sp³-hybridized carbons (Fsp3) is 0.467. The first-order chi connectivity index (χ1) is 14.8. The smallest absolute Gasteiger partial charge is 0.324 e. The second-order valence-corrected chi connectivity index (χ2v) is 11.4. The van der Waals surface area contributed by atoms with E-state index in [-0.39, 0.29) is 17.9 Å². The van der Waals surface area contributed by atoms with Gasteiger partial charge in [0.05, 0.1) is 5.60 Å². The van der Waals surface area contributed by atoms with Gasteiger partial charge in [-0.1, -0.05) is 110 Å². The van der Waals surface area contributed by atoms with Gasteiger partial charge in [0.25, 0.3) is 0 Å². The third-order valence-electron chi connectivity index (χ3n) is 7.32. The third-order valence-corrected chi connectivity index (χ3v) is 7.32. The van der Waals surface area contributed by atoms with Crippen LogP contribution < -0.4 is 5.46 Å². The number of fused-ring (bicyclic) bond motifs is 1. The Labute approximate surface area is 196 Å². The van der Waals surface area contributed by atoms with E-state index in [4.69, 9.17) is 4.65 Å². The molecule has 0 aliphatic carbocycles. The molecule has 0 aromatic heterocycles. The first-order valence-corrected chi connectivity index (χ1v) is 12.2. The Hall–Kier alpha value is -2.06. The zero-order valence-electron chi connectivity index (χ0n) is 21.8. The van der Waals surface area contributed by atoms with Crippen molar-refractivity contribution in [3.05, 3.63) is 65.7 Å². The van der Waals surface area contributed by atoms with E-state index in [2.05, 4.69) is 124 Å². The van der Waals surface area contributed by atoms with Gasteiger partial charge in [-0.2, -0.15) is 0 Å². The molecule has 170 valence electrons. The van der Waals surface area contributed by atoms with E-state index >= 15 is 0 Å². The van der Waals surface area contributed by atoms with Crippen molar-refractivity contribution in [3.8, 4) is 11.1 Å². The van der Waals surface area contributed by atoms with Gasteiger partial charge in [0.2, 0.25) is 0 Å². The zero-order chi connectivity index (χ0) is 23.8. The van der Waals surface area contributed by atoms with Crippen LogP contribution in [0.3, 0.4) is 0 Å². The molecule has 3 rings (SSSR count). The fourth-order valence-corrected chi connectivity index (χ4v) is 4.44. The van der Waals surface area contributed by atoms with Crippen LogP contribution in [0.1, 0.15) is 85.3 Å². The van der Waals surface area contributed by atoms with E-state index in [1.807, 2.05) is 0 Å². The highest BCUT2D eigenvalue weighted by Crippen LogP contribution is 2.39. The van der Waals surface area contributed by atoms with Gasteiger partial charge in [-0.25, -0.2) is 0 Å². The molecule has 0 heterocycles. The van der Waals surface area contributed by atoms with Gasteiger partial charge < -0.3 is 4.65 Å². The number of hydrogen-bond donors (Lipinski definition) is 0. The average Bonchev–Trinajstić information content (AvgIpc) is 2.71. The summed E-state index contributed by atoms with van der Waals surface area (Å²) in [6.07, 6.45) is 0. The molecule has 0 saturated carbocycles. The predicted octanol–water partition coefficient (Wildman–Crippen LogP) is 8.42. The summed E-state index contributed by atoms with van der Waals surface area (Å²) in [5, 5.41) is 2.60. The quantitative estimate of drug-likeness (QED) is 0.358. The minimum absolute atomic E-state index is 0.00749. The Balaban J connectivity index is 2.22. The molecule has 0 saturated heterocycles. The van der Waals surface area contributed by atoms with Crippen LogP contribution in [0.5, 0.6) is 0 Å².